The van der Waals surface area contributed by atoms with Gasteiger partial charge in [0.2, 0.25) is 0 Å². The highest BCUT2D eigenvalue weighted by Crippen LogP contribution is 2.19. The van der Waals surface area contributed by atoms with Crippen molar-refractivity contribution in [3.63, 3.8) is 0 Å². The summed E-state index contributed by atoms with van der Waals surface area (Å²) in [6.45, 7) is 2.67. The van der Waals surface area contributed by atoms with Crippen molar-refractivity contribution in [2.45, 2.75) is 39.0 Å². The van der Waals surface area contributed by atoms with E-state index in [0.717, 1.165) is 19.3 Å². The lowest BCUT2D eigenvalue weighted by atomic mass is 10.1. The van der Waals surface area contributed by atoms with E-state index in [9.17, 15) is 9.59 Å². The fraction of sp³-hybridized carbons (Fsp3) is 0.692. The molecule has 0 aromatic heterocycles. The van der Waals surface area contributed by atoms with Crippen LogP contribution in [0, 0.1) is 5.92 Å². The minimum atomic E-state index is -0.828. The van der Waals surface area contributed by atoms with Crippen LogP contribution in [0.25, 0.3) is 0 Å². The summed E-state index contributed by atoms with van der Waals surface area (Å²) in [5, 5.41) is 14.1. The van der Waals surface area contributed by atoms with Gasteiger partial charge in [0.15, 0.2) is 0 Å². The highest BCUT2D eigenvalue weighted by molar-refractivity contribution is 5.74. The summed E-state index contributed by atoms with van der Waals surface area (Å²) in [5.74, 6) is -1.25. The molecule has 1 rings (SSSR count). The normalized spacial score (nSPS) is 15.9. The van der Waals surface area contributed by atoms with Crippen LogP contribution in [-0.4, -0.2) is 30.2 Å². The second-order valence-corrected chi connectivity index (χ2v) is 4.72. The molecule has 0 fully saturated rings. The smallest absolute Gasteiger partial charge is 0.314 e. The molecule has 0 saturated heterocycles. The third kappa shape index (κ3) is 5.70. The fourth-order valence-corrected chi connectivity index (χ4v) is 1.89. The molecule has 0 aromatic rings. The molecule has 5 heteroatoms. The van der Waals surface area contributed by atoms with Gasteiger partial charge in [0, 0.05) is 13.1 Å². The molecular weight excluding hydrogens is 232 g/mol. The molecule has 5 nitrogen and oxygen atoms in total. The molecule has 1 atom stereocenters. The lowest BCUT2D eigenvalue weighted by Crippen LogP contribution is -2.37. The van der Waals surface area contributed by atoms with Gasteiger partial charge in [0.25, 0.3) is 0 Å². The molecule has 3 N–H and O–H groups in total. The van der Waals surface area contributed by atoms with Crippen LogP contribution in [0.4, 0.5) is 4.79 Å². The summed E-state index contributed by atoms with van der Waals surface area (Å²) in [4.78, 5) is 21.9. The first-order chi connectivity index (χ1) is 8.59. The number of carboxylic acids is 1. The maximum absolute atomic E-state index is 11.4. The predicted molar refractivity (Wildman–Crippen MR) is 69.4 cm³/mol. The first kappa shape index (κ1) is 14.5. The van der Waals surface area contributed by atoms with Gasteiger partial charge in [0.05, 0.1) is 5.92 Å². The Morgan fingerprint density at radius 3 is 2.72 bits per heavy atom. The summed E-state index contributed by atoms with van der Waals surface area (Å²) in [5.41, 5.74) is 1.43. The Hall–Kier alpha value is -1.52. The molecule has 0 radical (unpaired) electrons. The largest absolute Gasteiger partial charge is 0.481 e. The monoisotopic (exact) mass is 254 g/mol. The van der Waals surface area contributed by atoms with E-state index in [2.05, 4.69) is 16.7 Å². The predicted octanol–water partition coefficient (Wildman–Crippen LogP) is 1.90. The van der Waals surface area contributed by atoms with Gasteiger partial charge < -0.3 is 15.7 Å². The Labute approximate surface area is 108 Å². The van der Waals surface area contributed by atoms with Gasteiger partial charge >= 0.3 is 12.0 Å². The summed E-state index contributed by atoms with van der Waals surface area (Å²) in [6.07, 6.45) is 7.16. The third-order valence-electron chi connectivity index (χ3n) is 3.15. The van der Waals surface area contributed by atoms with Crippen molar-refractivity contribution in [2.75, 3.05) is 13.1 Å². The Morgan fingerprint density at radius 1 is 1.39 bits per heavy atom. The zero-order valence-corrected chi connectivity index (χ0v) is 10.9. The van der Waals surface area contributed by atoms with E-state index in [4.69, 9.17) is 5.11 Å². The number of nitrogens with one attached hydrogen (secondary N) is 2. The molecule has 0 spiro atoms. The topological polar surface area (TPSA) is 78.4 Å². The van der Waals surface area contributed by atoms with Crippen molar-refractivity contribution < 1.29 is 14.7 Å². The van der Waals surface area contributed by atoms with Crippen LogP contribution in [0.3, 0.4) is 0 Å². The van der Waals surface area contributed by atoms with Crippen molar-refractivity contribution in [3.05, 3.63) is 11.6 Å². The van der Waals surface area contributed by atoms with Crippen LogP contribution < -0.4 is 10.6 Å². The second kappa shape index (κ2) is 7.74. The number of amides is 2. The molecule has 1 unspecified atom stereocenters. The lowest BCUT2D eigenvalue weighted by Gasteiger charge is -2.09. The molecular formula is C13H22N2O3. The van der Waals surface area contributed by atoms with Crippen LogP contribution >= 0.6 is 0 Å². The SMILES string of the molecule is CC(CCNC(=O)NCCC1=CCCC1)C(=O)O. The molecule has 0 bridgehead atoms. The summed E-state index contributed by atoms with van der Waals surface area (Å²) in [7, 11) is 0. The van der Waals surface area contributed by atoms with Gasteiger partial charge in [-0.15, -0.1) is 0 Å². The molecule has 102 valence electrons. The molecule has 1 aliphatic carbocycles. The number of hydrogen-bond donors (Lipinski definition) is 3. The van der Waals surface area contributed by atoms with Gasteiger partial charge in [-0.2, -0.15) is 0 Å². The standard InChI is InChI=1S/C13H22N2O3/c1-10(12(16)17)6-8-14-13(18)15-9-7-11-4-2-3-5-11/h4,10H,2-3,5-9H2,1H3,(H,16,17)(H2,14,15,18). The van der Waals surface area contributed by atoms with E-state index >= 15 is 0 Å². The highest BCUT2D eigenvalue weighted by atomic mass is 16.4. The van der Waals surface area contributed by atoms with E-state index in [1.54, 1.807) is 6.92 Å². The Morgan fingerprint density at radius 2 is 2.11 bits per heavy atom. The van der Waals surface area contributed by atoms with Gasteiger partial charge in [-0.25, -0.2) is 4.79 Å². The minimum absolute atomic E-state index is 0.216. The summed E-state index contributed by atoms with van der Waals surface area (Å²) >= 11 is 0. The van der Waals surface area contributed by atoms with E-state index in [1.807, 2.05) is 0 Å². The van der Waals surface area contributed by atoms with Gasteiger partial charge in [-0.3, -0.25) is 4.79 Å². The van der Waals surface area contributed by atoms with E-state index in [0.29, 0.717) is 19.5 Å². The maximum Gasteiger partial charge on any atom is 0.314 e. The molecule has 0 aliphatic heterocycles. The number of urea groups is 1. The van der Waals surface area contributed by atoms with Crippen LogP contribution in [0.5, 0.6) is 0 Å². The van der Waals surface area contributed by atoms with Gasteiger partial charge in [-0.1, -0.05) is 18.6 Å². The van der Waals surface area contributed by atoms with Gasteiger partial charge in [-0.05, 0) is 32.1 Å². The molecule has 2 amide bonds. The lowest BCUT2D eigenvalue weighted by molar-refractivity contribution is -0.141. The van der Waals surface area contributed by atoms with E-state index in [1.165, 1.54) is 12.0 Å². The summed E-state index contributed by atoms with van der Waals surface area (Å²) in [6, 6.07) is -0.216. The number of carbonyl (C=O) groups is 2. The quantitative estimate of drug-likeness (QED) is 0.607. The minimum Gasteiger partial charge on any atom is -0.481 e. The average molecular weight is 254 g/mol. The van der Waals surface area contributed by atoms with Crippen LogP contribution in [0.2, 0.25) is 0 Å². The van der Waals surface area contributed by atoms with Crippen LogP contribution in [0.1, 0.15) is 39.0 Å². The first-order valence-electron chi connectivity index (χ1n) is 6.52. The molecule has 0 saturated carbocycles. The van der Waals surface area contributed by atoms with Crippen molar-refractivity contribution >= 4 is 12.0 Å². The zero-order valence-electron chi connectivity index (χ0n) is 10.9. The molecule has 0 heterocycles. The maximum atomic E-state index is 11.4. The second-order valence-electron chi connectivity index (χ2n) is 4.72. The third-order valence-corrected chi connectivity index (χ3v) is 3.15. The fourth-order valence-electron chi connectivity index (χ4n) is 1.89. The number of carbonyl (C=O) groups excluding carboxylic acids is 1. The van der Waals surface area contributed by atoms with Crippen molar-refractivity contribution in [2.24, 2.45) is 5.92 Å². The molecule has 1 aliphatic rings. The average Bonchev–Trinajstić information content (AvgIpc) is 2.81. The van der Waals surface area contributed by atoms with Crippen molar-refractivity contribution in [1.29, 1.82) is 0 Å². The Kier molecular flexibility index (Phi) is 6.25. The Balaban J connectivity index is 2.01. The number of allylic oxidation sites excluding steroid dienone is 1. The van der Waals surface area contributed by atoms with Crippen molar-refractivity contribution in [1.82, 2.24) is 10.6 Å². The van der Waals surface area contributed by atoms with E-state index < -0.39 is 11.9 Å². The first-order valence-corrected chi connectivity index (χ1v) is 6.52. The zero-order chi connectivity index (χ0) is 13.4. The van der Waals surface area contributed by atoms with Gasteiger partial charge in [0.1, 0.15) is 0 Å². The van der Waals surface area contributed by atoms with Crippen LogP contribution in [-0.2, 0) is 4.79 Å². The number of carboxylic acid groups (broad SMARTS) is 1. The number of rotatable bonds is 7. The number of aliphatic carboxylic acids is 1. The van der Waals surface area contributed by atoms with Crippen molar-refractivity contribution in [3.8, 4) is 0 Å². The number of hydrogen-bond acceptors (Lipinski definition) is 2. The van der Waals surface area contributed by atoms with Crippen LogP contribution in [0.15, 0.2) is 11.6 Å². The van der Waals surface area contributed by atoms with E-state index in [-0.39, 0.29) is 6.03 Å². The Bertz CT molecular complexity index is 326. The highest BCUT2D eigenvalue weighted by Gasteiger charge is 2.10. The molecule has 0 aromatic carbocycles. The molecule has 18 heavy (non-hydrogen) atoms. The summed E-state index contributed by atoms with van der Waals surface area (Å²) < 4.78 is 0.